The van der Waals surface area contributed by atoms with Crippen LogP contribution < -0.4 is 11.2 Å². The summed E-state index contributed by atoms with van der Waals surface area (Å²) < 4.78 is 32.0. The Hall–Kier alpha value is -3.55. The summed E-state index contributed by atoms with van der Waals surface area (Å²) >= 11 is 0. The quantitative estimate of drug-likeness (QED) is 0.457. The van der Waals surface area contributed by atoms with E-state index in [1.54, 1.807) is 4.57 Å². The summed E-state index contributed by atoms with van der Waals surface area (Å²) in [6.07, 6.45) is 2.07. The Morgan fingerprint density at radius 2 is 1.84 bits per heavy atom. The molecule has 2 aromatic carbocycles. The van der Waals surface area contributed by atoms with E-state index in [1.807, 2.05) is 45.0 Å². The second-order valence-corrected chi connectivity index (χ2v) is 8.39. The van der Waals surface area contributed by atoms with Gasteiger partial charge in [-0.15, -0.1) is 0 Å². The maximum atomic E-state index is 14.7. The molecule has 166 valence electrons. The summed E-state index contributed by atoms with van der Waals surface area (Å²) in [7, 11) is 0. The second kappa shape index (κ2) is 8.53. The smallest absolute Gasteiger partial charge is 0.320 e. The van der Waals surface area contributed by atoms with Crippen molar-refractivity contribution in [1.29, 1.82) is 0 Å². The molecular weight excluding hydrogens is 414 g/mol. The fourth-order valence-corrected chi connectivity index (χ4v) is 3.77. The molecule has 0 spiro atoms. The molecule has 0 saturated carbocycles. The standard InChI is InChI=1S/C24H24F2N4O2/c1-15(2)9-10-29-23(31)21-22(27-14-28(21)13-17-6-4-5-16(3)11-17)30(24(29)32)20-8-7-18(25)12-19(20)26/h4-8,11-12,14-15H,9-10,13H2,1-3H3. The summed E-state index contributed by atoms with van der Waals surface area (Å²) in [5.41, 5.74) is 0.941. The van der Waals surface area contributed by atoms with Gasteiger partial charge in [-0.2, -0.15) is 0 Å². The monoisotopic (exact) mass is 438 g/mol. The van der Waals surface area contributed by atoms with Crippen molar-refractivity contribution < 1.29 is 8.78 Å². The van der Waals surface area contributed by atoms with Gasteiger partial charge in [0.2, 0.25) is 0 Å². The Balaban J connectivity index is 1.99. The van der Waals surface area contributed by atoms with E-state index >= 15 is 0 Å². The van der Waals surface area contributed by atoms with E-state index in [9.17, 15) is 18.4 Å². The Morgan fingerprint density at radius 3 is 2.53 bits per heavy atom. The van der Waals surface area contributed by atoms with Gasteiger partial charge in [0.1, 0.15) is 11.6 Å². The van der Waals surface area contributed by atoms with Crippen LogP contribution in [0.25, 0.3) is 16.9 Å². The van der Waals surface area contributed by atoms with Gasteiger partial charge in [-0.05, 0) is 37.0 Å². The van der Waals surface area contributed by atoms with Gasteiger partial charge in [0, 0.05) is 19.2 Å². The number of halogens is 2. The normalized spacial score (nSPS) is 11.6. The lowest BCUT2D eigenvalue weighted by atomic mass is 10.1. The van der Waals surface area contributed by atoms with Crippen molar-refractivity contribution >= 4 is 11.2 Å². The zero-order valence-corrected chi connectivity index (χ0v) is 18.2. The van der Waals surface area contributed by atoms with Crippen LogP contribution in [0.2, 0.25) is 0 Å². The molecule has 0 aliphatic carbocycles. The number of hydrogen-bond donors (Lipinski definition) is 0. The molecular formula is C24H24F2N4O2. The first-order valence-electron chi connectivity index (χ1n) is 10.5. The lowest BCUT2D eigenvalue weighted by molar-refractivity contribution is 0.490. The topological polar surface area (TPSA) is 61.8 Å². The number of rotatable bonds is 6. The van der Waals surface area contributed by atoms with Crippen LogP contribution in [0, 0.1) is 24.5 Å². The van der Waals surface area contributed by atoms with Crippen LogP contribution in [0.1, 0.15) is 31.4 Å². The van der Waals surface area contributed by atoms with Crippen molar-refractivity contribution in [1.82, 2.24) is 18.7 Å². The van der Waals surface area contributed by atoms with Crippen molar-refractivity contribution in [2.45, 2.75) is 40.3 Å². The predicted molar refractivity (Wildman–Crippen MR) is 119 cm³/mol. The minimum atomic E-state index is -0.907. The number of fused-ring (bicyclic) bond motifs is 1. The van der Waals surface area contributed by atoms with Gasteiger partial charge in [0.05, 0.1) is 12.0 Å². The molecule has 6 nitrogen and oxygen atoms in total. The van der Waals surface area contributed by atoms with E-state index in [-0.39, 0.29) is 29.3 Å². The zero-order chi connectivity index (χ0) is 23.0. The number of nitrogens with zero attached hydrogens (tertiary/aromatic N) is 4. The van der Waals surface area contributed by atoms with Gasteiger partial charge in [0.15, 0.2) is 11.2 Å². The van der Waals surface area contributed by atoms with Crippen molar-refractivity contribution in [3.63, 3.8) is 0 Å². The molecule has 8 heteroatoms. The first-order chi connectivity index (χ1) is 15.3. The minimum absolute atomic E-state index is 0.0407. The van der Waals surface area contributed by atoms with Crippen LogP contribution >= 0.6 is 0 Å². The highest BCUT2D eigenvalue weighted by atomic mass is 19.1. The third kappa shape index (κ3) is 4.00. The lowest BCUT2D eigenvalue weighted by Gasteiger charge is -2.14. The van der Waals surface area contributed by atoms with Crippen LogP contribution in [-0.4, -0.2) is 18.7 Å². The Morgan fingerprint density at radius 1 is 1.06 bits per heavy atom. The first kappa shape index (κ1) is 21.7. The highest BCUT2D eigenvalue weighted by molar-refractivity contribution is 5.72. The number of benzene rings is 2. The first-order valence-corrected chi connectivity index (χ1v) is 10.5. The zero-order valence-electron chi connectivity index (χ0n) is 18.2. The maximum absolute atomic E-state index is 14.7. The van der Waals surface area contributed by atoms with Crippen LogP contribution in [0.15, 0.2) is 58.4 Å². The molecule has 0 saturated heterocycles. The summed E-state index contributed by atoms with van der Waals surface area (Å²) in [5.74, 6) is -1.41. The molecule has 0 amide bonds. The van der Waals surface area contributed by atoms with Crippen molar-refractivity contribution in [3.05, 3.63) is 92.4 Å². The molecule has 0 aliphatic rings. The van der Waals surface area contributed by atoms with Gasteiger partial charge < -0.3 is 4.57 Å². The number of aryl methyl sites for hydroxylation is 1. The van der Waals surface area contributed by atoms with E-state index in [1.165, 1.54) is 12.4 Å². The molecule has 0 unspecified atom stereocenters. The summed E-state index contributed by atoms with van der Waals surface area (Å²) in [6.45, 7) is 6.50. The second-order valence-electron chi connectivity index (χ2n) is 8.39. The van der Waals surface area contributed by atoms with Gasteiger partial charge in [0.25, 0.3) is 5.56 Å². The largest absolute Gasteiger partial charge is 0.337 e. The Bertz CT molecular complexity index is 1420. The van der Waals surface area contributed by atoms with E-state index < -0.39 is 22.9 Å². The predicted octanol–water partition coefficient (Wildman–Crippen LogP) is 4.03. The molecule has 4 aromatic rings. The van der Waals surface area contributed by atoms with Crippen molar-refractivity contribution in [3.8, 4) is 5.69 Å². The molecule has 0 N–H and O–H groups in total. The minimum Gasteiger partial charge on any atom is -0.320 e. The van der Waals surface area contributed by atoms with E-state index in [0.717, 1.165) is 26.3 Å². The van der Waals surface area contributed by atoms with Gasteiger partial charge in [-0.25, -0.2) is 23.1 Å². The van der Waals surface area contributed by atoms with Gasteiger partial charge >= 0.3 is 5.69 Å². The molecule has 0 aliphatic heterocycles. The fraction of sp³-hybridized carbons (Fsp3) is 0.292. The summed E-state index contributed by atoms with van der Waals surface area (Å²) in [5, 5.41) is 0. The van der Waals surface area contributed by atoms with Crippen LogP contribution in [-0.2, 0) is 13.1 Å². The molecule has 4 rings (SSSR count). The lowest BCUT2D eigenvalue weighted by Crippen LogP contribution is -2.40. The Labute approximate surface area is 183 Å². The van der Waals surface area contributed by atoms with Crippen molar-refractivity contribution in [2.75, 3.05) is 0 Å². The van der Waals surface area contributed by atoms with Crippen LogP contribution in [0.5, 0.6) is 0 Å². The van der Waals surface area contributed by atoms with Crippen LogP contribution in [0.3, 0.4) is 0 Å². The highest BCUT2D eigenvalue weighted by Gasteiger charge is 2.21. The van der Waals surface area contributed by atoms with Crippen molar-refractivity contribution in [2.24, 2.45) is 5.92 Å². The van der Waals surface area contributed by atoms with Gasteiger partial charge in [-0.3, -0.25) is 9.36 Å². The average molecular weight is 438 g/mol. The third-order valence-corrected chi connectivity index (χ3v) is 5.42. The van der Waals surface area contributed by atoms with E-state index in [4.69, 9.17) is 0 Å². The SMILES string of the molecule is Cc1cccc(Cn2cnc3c2c(=O)n(CCC(C)C)c(=O)n3-c2ccc(F)cc2F)c1. The number of hydrogen-bond acceptors (Lipinski definition) is 3. The fourth-order valence-electron chi connectivity index (χ4n) is 3.77. The van der Waals surface area contributed by atoms with E-state index in [2.05, 4.69) is 4.98 Å². The van der Waals surface area contributed by atoms with Crippen LogP contribution in [0.4, 0.5) is 8.78 Å². The molecule has 2 heterocycles. The molecule has 32 heavy (non-hydrogen) atoms. The third-order valence-electron chi connectivity index (χ3n) is 5.42. The Kier molecular flexibility index (Phi) is 5.78. The van der Waals surface area contributed by atoms with Gasteiger partial charge in [-0.1, -0.05) is 43.7 Å². The number of imidazole rings is 1. The molecule has 0 bridgehead atoms. The molecule has 0 atom stereocenters. The molecule has 0 fully saturated rings. The van der Waals surface area contributed by atoms with E-state index in [0.29, 0.717) is 19.0 Å². The molecule has 2 aromatic heterocycles. The summed E-state index contributed by atoms with van der Waals surface area (Å²) in [6, 6.07) is 10.8. The maximum Gasteiger partial charge on any atom is 0.337 e. The average Bonchev–Trinajstić information content (AvgIpc) is 3.12. The highest BCUT2D eigenvalue weighted by Crippen LogP contribution is 2.18. The number of aromatic nitrogens is 4. The molecule has 0 radical (unpaired) electrons. The summed E-state index contributed by atoms with van der Waals surface area (Å²) in [4.78, 5) is 30.9.